The summed E-state index contributed by atoms with van der Waals surface area (Å²) >= 11 is 0. The number of hydrogen-bond acceptors (Lipinski definition) is 3. The highest BCUT2D eigenvalue weighted by Gasteiger charge is 2.07. The van der Waals surface area contributed by atoms with Crippen molar-refractivity contribution in [2.45, 2.75) is 13.3 Å². The molecule has 0 heterocycles. The average molecular weight is 285 g/mol. The molecule has 110 valence electrons. The summed E-state index contributed by atoms with van der Waals surface area (Å²) in [7, 11) is 0. The summed E-state index contributed by atoms with van der Waals surface area (Å²) in [5, 5.41) is 11.6. The van der Waals surface area contributed by atoms with E-state index in [9.17, 15) is 4.79 Å². The van der Waals surface area contributed by atoms with Crippen LogP contribution in [-0.2, 0) is 0 Å². The molecule has 0 saturated heterocycles. The Morgan fingerprint density at radius 3 is 2.67 bits per heavy atom. The number of benzene rings is 2. The number of ether oxygens (including phenoxy) is 1. The molecule has 0 atom stereocenters. The third-order valence-corrected chi connectivity index (χ3v) is 2.98. The fourth-order valence-corrected chi connectivity index (χ4v) is 1.82. The summed E-state index contributed by atoms with van der Waals surface area (Å²) in [6.45, 7) is 2.52. The lowest BCUT2D eigenvalue weighted by molar-refractivity contribution is 0.102. The van der Waals surface area contributed by atoms with Crippen LogP contribution < -0.4 is 10.1 Å². The van der Waals surface area contributed by atoms with E-state index in [1.165, 1.54) is 0 Å². The summed E-state index contributed by atoms with van der Waals surface area (Å²) in [5.74, 6) is 0.450. The topological polar surface area (TPSA) is 58.6 Å². The smallest absolute Gasteiger partial charge is 0.255 e. The van der Waals surface area contributed by atoms with Crippen LogP contribution in [0.25, 0.3) is 0 Å². The Morgan fingerprint density at radius 2 is 1.95 bits per heavy atom. The van der Waals surface area contributed by atoms with Crippen LogP contribution in [0, 0.1) is 6.92 Å². The summed E-state index contributed by atoms with van der Waals surface area (Å²) in [6.07, 6.45) is 0.569. The molecule has 0 radical (unpaired) electrons. The second-order valence-electron chi connectivity index (χ2n) is 4.77. The Labute approximate surface area is 124 Å². The maximum Gasteiger partial charge on any atom is 0.255 e. The van der Waals surface area contributed by atoms with Crippen LogP contribution >= 0.6 is 0 Å². The first kappa shape index (κ1) is 15.1. The summed E-state index contributed by atoms with van der Waals surface area (Å²) in [6, 6.07) is 14.6. The van der Waals surface area contributed by atoms with Gasteiger partial charge in [-0.2, -0.15) is 0 Å². The molecule has 0 aliphatic rings. The van der Waals surface area contributed by atoms with E-state index in [4.69, 9.17) is 9.84 Å². The van der Waals surface area contributed by atoms with Crippen molar-refractivity contribution in [3.63, 3.8) is 0 Å². The van der Waals surface area contributed by atoms with Gasteiger partial charge in [-0.1, -0.05) is 23.8 Å². The number of aliphatic hydroxyl groups is 1. The number of amides is 1. The van der Waals surface area contributed by atoms with Gasteiger partial charge >= 0.3 is 0 Å². The predicted octanol–water partition coefficient (Wildman–Crippen LogP) is 3.01. The highest BCUT2D eigenvalue weighted by Crippen LogP contribution is 2.16. The van der Waals surface area contributed by atoms with Crippen LogP contribution in [0.3, 0.4) is 0 Å². The van der Waals surface area contributed by atoms with Crippen LogP contribution in [0.2, 0.25) is 0 Å². The molecule has 0 saturated carbocycles. The van der Waals surface area contributed by atoms with Gasteiger partial charge in [0.15, 0.2) is 0 Å². The molecule has 4 heteroatoms. The van der Waals surface area contributed by atoms with E-state index < -0.39 is 0 Å². The van der Waals surface area contributed by atoms with Crippen LogP contribution in [0.15, 0.2) is 48.5 Å². The van der Waals surface area contributed by atoms with Gasteiger partial charge in [-0.3, -0.25) is 4.79 Å². The van der Waals surface area contributed by atoms with Gasteiger partial charge in [0.25, 0.3) is 5.91 Å². The number of nitrogens with one attached hydrogen (secondary N) is 1. The zero-order valence-corrected chi connectivity index (χ0v) is 12.0. The fourth-order valence-electron chi connectivity index (χ4n) is 1.82. The third kappa shape index (κ3) is 4.61. The molecule has 1 amide bonds. The second kappa shape index (κ2) is 7.45. The molecular formula is C17H19NO3. The summed E-state index contributed by atoms with van der Waals surface area (Å²) < 4.78 is 5.46. The lowest BCUT2D eigenvalue weighted by Crippen LogP contribution is -2.12. The number of rotatable bonds is 6. The van der Waals surface area contributed by atoms with E-state index in [0.717, 1.165) is 11.3 Å². The summed E-state index contributed by atoms with van der Waals surface area (Å²) in [5.41, 5.74) is 2.45. The number of aliphatic hydroxyl groups excluding tert-OH is 1. The number of carbonyl (C=O) groups is 1. The lowest BCUT2D eigenvalue weighted by atomic mass is 10.2. The van der Waals surface area contributed by atoms with E-state index in [2.05, 4.69) is 5.32 Å². The van der Waals surface area contributed by atoms with Gasteiger partial charge in [0.05, 0.1) is 6.61 Å². The maximum atomic E-state index is 12.2. The van der Waals surface area contributed by atoms with Crippen molar-refractivity contribution < 1.29 is 14.6 Å². The predicted molar refractivity (Wildman–Crippen MR) is 82.8 cm³/mol. The fraction of sp³-hybridized carbons (Fsp3) is 0.235. The molecule has 0 unspecified atom stereocenters. The van der Waals surface area contributed by atoms with Crippen molar-refractivity contribution in [3.8, 4) is 5.75 Å². The molecule has 2 N–H and O–H groups in total. The Balaban J connectivity index is 2.01. The first-order valence-electron chi connectivity index (χ1n) is 6.91. The SMILES string of the molecule is Cc1ccc(NC(=O)c2cccc(OCCCO)c2)cc1. The zero-order valence-electron chi connectivity index (χ0n) is 12.0. The molecule has 2 aromatic rings. The number of hydrogen-bond donors (Lipinski definition) is 2. The minimum atomic E-state index is -0.175. The Hall–Kier alpha value is -2.33. The lowest BCUT2D eigenvalue weighted by Gasteiger charge is -2.08. The zero-order chi connectivity index (χ0) is 15.1. The van der Waals surface area contributed by atoms with Gasteiger partial charge in [0.2, 0.25) is 0 Å². The van der Waals surface area contributed by atoms with Crippen molar-refractivity contribution in [1.82, 2.24) is 0 Å². The van der Waals surface area contributed by atoms with Crippen LogP contribution in [0.4, 0.5) is 5.69 Å². The number of aryl methyl sites for hydroxylation is 1. The molecule has 2 rings (SSSR count). The van der Waals surface area contributed by atoms with Crippen LogP contribution in [0.5, 0.6) is 5.75 Å². The minimum absolute atomic E-state index is 0.0909. The quantitative estimate of drug-likeness (QED) is 0.802. The molecule has 0 aromatic heterocycles. The Kier molecular flexibility index (Phi) is 5.35. The normalized spacial score (nSPS) is 10.2. The van der Waals surface area contributed by atoms with Gasteiger partial charge < -0.3 is 15.2 Å². The standard InChI is InChI=1S/C17H19NO3/c1-13-6-8-15(9-7-13)18-17(20)14-4-2-5-16(12-14)21-11-3-10-19/h2,4-9,12,19H,3,10-11H2,1H3,(H,18,20). The molecule has 4 nitrogen and oxygen atoms in total. The summed E-state index contributed by atoms with van der Waals surface area (Å²) in [4.78, 5) is 12.2. The first-order chi connectivity index (χ1) is 10.2. The van der Waals surface area contributed by atoms with Crippen molar-refractivity contribution in [1.29, 1.82) is 0 Å². The van der Waals surface area contributed by atoms with E-state index in [1.807, 2.05) is 31.2 Å². The molecule has 0 aliphatic carbocycles. The van der Waals surface area contributed by atoms with Crippen molar-refractivity contribution in [2.24, 2.45) is 0 Å². The van der Waals surface area contributed by atoms with Crippen molar-refractivity contribution in [2.75, 3.05) is 18.5 Å². The van der Waals surface area contributed by atoms with E-state index in [-0.39, 0.29) is 12.5 Å². The van der Waals surface area contributed by atoms with Crippen LogP contribution in [-0.4, -0.2) is 24.2 Å². The Morgan fingerprint density at radius 1 is 1.19 bits per heavy atom. The third-order valence-electron chi connectivity index (χ3n) is 2.98. The maximum absolute atomic E-state index is 12.2. The first-order valence-corrected chi connectivity index (χ1v) is 6.91. The molecule has 0 fully saturated rings. The van der Waals surface area contributed by atoms with Crippen molar-refractivity contribution in [3.05, 3.63) is 59.7 Å². The van der Waals surface area contributed by atoms with Crippen LogP contribution in [0.1, 0.15) is 22.3 Å². The number of anilines is 1. The van der Waals surface area contributed by atoms with E-state index in [0.29, 0.717) is 24.3 Å². The molecule has 0 bridgehead atoms. The molecule has 2 aromatic carbocycles. The Bertz CT molecular complexity index is 593. The molecule has 0 spiro atoms. The minimum Gasteiger partial charge on any atom is -0.493 e. The molecular weight excluding hydrogens is 266 g/mol. The van der Waals surface area contributed by atoms with E-state index >= 15 is 0 Å². The van der Waals surface area contributed by atoms with E-state index in [1.54, 1.807) is 24.3 Å². The molecule has 0 aliphatic heterocycles. The highest BCUT2D eigenvalue weighted by molar-refractivity contribution is 6.04. The van der Waals surface area contributed by atoms with Crippen molar-refractivity contribution >= 4 is 11.6 Å². The molecule has 21 heavy (non-hydrogen) atoms. The van der Waals surface area contributed by atoms with Gasteiger partial charge in [-0.15, -0.1) is 0 Å². The highest BCUT2D eigenvalue weighted by atomic mass is 16.5. The monoisotopic (exact) mass is 285 g/mol. The van der Waals surface area contributed by atoms with Gasteiger partial charge in [0.1, 0.15) is 5.75 Å². The van der Waals surface area contributed by atoms with Gasteiger partial charge in [-0.05, 0) is 37.3 Å². The van der Waals surface area contributed by atoms with Gasteiger partial charge in [-0.25, -0.2) is 0 Å². The largest absolute Gasteiger partial charge is 0.493 e. The van der Waals surface area contributed by atoms with Gasteiger partial charge in [0, 0.05) is 24.3 Å². The second-order valence-corrected chi connectivity index (χ2v) is 4.77. The number of carbonyl (C=O) groups excluding carboxylic acids is 1. The average Bonchev–Trinajstić information content (AvgIpc) is 2.50.